The van der Waals surface area contributed by atoms with E-state index in [2.05, 4.69) is 15.0 Å². The molecule has 0 fully saturated rings. The molecule has 0 saturated heterocycles. The lowest BCUT2D eigenvalue weighted by Gasteiger charge is -2.32. The van der Waals surface area contributed by atoms with Gasteiger partial charge in [0.2, 0.25) is 5.75 Å². The molecule has 0 spiro atoms. The van der Waals surface area contributed by atoms with Gasteiger partial charge in [-0.3, -0.25) is 9.36 Å². The number of nitrogens with one attached hydrogen (secondary N) is 1. The van der Waals surface area contributed by atoms with Gasteiger partial charge in [0.25, 0.3) is 5.56 Å². The number of hydrogen-bond donors (Lipinski definition) is 2. The summed E-state index contributed by atoms with van der Waals surface area (Å²) in [4.78, 5) is 24.3. The second-order valence-corrected chi connectivity index (χ2v) is 7.46. The summed E-state index contributed by atoms with van der Waals surface area (Å²) in [6.45, 7) is 4.28. The van der Waals surface area contributed by atoms with Gasteiger partial charge in [-0.1, -0.05) is 23.7 Å². The summed E-state index contributed by atoms with van der Waals surface area (Å²) in [6.07, 6.45) is 0.380. The number of halogens is 2. The lowest BCUT2D eigenvalue weighted by molar-refractivity contribution is -0.0564. The molecule has 4 rings (SSSR count). The SMILES string of the molecule is CC1(C)OCCn2c1nc(-c1nc(Cl)c(Cc3ccc(F)cc3)[nH]1)c(O)c2=O. The van der Waals surface area contributed by atoms with Gasteiger partial charge < -0.3 is 14.8 Å². The fraction of sp³-hybridized carbons (Fsp3) is 0.316. The van der Waals surface area contributed by atoms with E-state index in [-0.39, 0.29) is 22.5 Å². The Balaban J connectivity index is 1.77. The van der Waals surface area contributed by atoms with Crippen molar-refractivity contribution in [1.82, 2.24) is 19.5 Å². The standard InChI is InChI=1S/C19H18ClFN4O3/c1-19(2)18-23-13(14(26)17(27)25(18)7-8-28-19)16-22-12(15(20)24-16)9-10-3-5-11(21)6-4-10/h3-6,26H,7-9H2,1-2H3,(H,22,24). The van der Waals surface area contributed by atoms with Crippen LogP contribution in [-0.2, 0) is 23.3 Å². The highest BCUT2D eigenvalue weighted by Gasteiger charge is 2.33. The smallest absolute Gasteiger partial charge is 0.296 e. The van der Waals surface area contributed by atoms with Crippen LogP contribution in [0.15, 0.2) is 29.1 Å². The number of H-pyrrole nitrogens is 1. The first kappa shape index (κ1) is 18.6. The third kappa shape index (κ3) is 3.18. The van der Waals surface area contributed by atoms with Gasteiger partial charge in [0, 0.05) is 6.42 Å². The summed E-state index contributed by atoms with van der Waals surface area (Å²) < 4.78 is 20.2. The lowest BCUT2D eigenvalue weighted by atomic mass is 10.1. The highest BCUT2D eigenvalue weighted by atomic mass is 35.5. The van der Waals surface area contributed by atoms with Crippen LogP contribution >= 0.6 is 11.6 Å². The molecule has 9 heteroatoms. The Morgan fingerprint density at radius 2 is 2.04 bits per heavy atom. The second-order valence-electron chi connectivity index (χ2n) is 7.11. The fourth-order valence-electron chi connectivity index (χ4n) is 3.26. The normalized spacial score (nSPS) is 15.4. The predicted molar refractivity (Wildman–Crippen MR) is 101 cm³/mol. The number of aromatic hydroxyl groups is 1. The zero-order valence-corrected chi connectivity index (χ0v) is 16.0. The molecule has 28 heavy (non-hydrogen) atoms. The van der Waals surface area contributed by atoms with E-state index >= 15 is 0 Å². The van der Waals surface area contributed by atoms with Crippen molar-refractivity contribution < 1.29 is 14.2 Å². The van der Waals surface area contributed by atoms with Crippen molar-refractivity contribution in [2.24, 2.45) is 0 Å². The maximum Gasteiger partial charge on any atom is 0.296 e. The number of ether oxygens (including phenoxy) is 1. The van der Waals surface area contributed by atoms with Crippen molar-refractivity contribution in [2.75, 3.05) is 6.61 Å². The molecule has 0 bridgehead atoms. The van der Waals surface area contributed by atoms with Crippen LogP contribution in [0, 0.1) is 5.82 Å². The Hall–Kier alpha value is -2.71. The molecule has 1 aliphatic heterocycles. The predicted octanol–water partition coefficient (Wildman–Crippen LogP) is 2.99. The maximum atomic E-state index is 13.1. The number of rotatable bonds is 3. The number of nitrogens with zero attached hydrogens (tertiary/aromatic N) is 3. The van der Waals surface area contributed by atoms with E-state index in [1.54, 1.807) is 26.0 Å². The molecule has 0 saturated carbocycles. The summed E-state index contributed by atoms with van der Waals surface area (Å²) in [6, 6.07) is 6.01. The van der Waals surface area contributed by atoms with Gasteiger partial charge in [0.05, 0.1) is 18.8 Å². The van der Waals surface area contributed by atoms with E-state index in [1.807, 2.05) is 0 Å². The van der Waals surface area contributed by atoms with Gasteiger partial charge in [-0.2, -0.15) is 0 Å². The van der Waals surface area contributed by atoms with Gasteiger partial charge in [-0.05, 0) is 31.5 Å². The number of aromatic nitrogens is 4. The van der Waals surface area contributed by atoms with Gasteiger partial charge in [0.15, 0.2) is 16.7 Å². The van der Waals surface area contributed by atoms with E-state index in [9.17, 15) is 14.3 Å². The summed E-state index contributed by atoms with van der Waals surface area (Å²) in [5.74, 6) is -0.237. The van der Waals surface area contributed by atoms with Crippen molar-refractivity contribution in [1.29, 1.82) is 0 Å². The molecular formula is C19H18ClFN4O3. The van der Waals surface area contributed by atoms with E-state index in [4.69, 9.17) is 16.3 Å². The van der Waals surface area contributed by atoms with E-state index < -0.39 is 16.9 Å². The number of aromatic amines is 1. The van der Waals surface area contributed by atoms with E-state index in [0.717, 1.165) is 5.56 Å². The molecule has 2 N–H and O–H groups in total. The fourth-order valence-corrected chi connectivity index (χ4v) is 3.46. The van der Waals surface area contributed by atoms with Gasteiger partial charge in [0.1, 0.15) is 17.2 Å². The molecule has 0 unspecified atom stereocenters. The molecule has 1 aromatic carbocycles. The maximum absolute atomic E-state index is 13.1. The van der Waals surface area contributed by atoms with Crippen LogP contribution in [0.4, 0.5) is 4.39 Å². The van der Waals surface area contributed by atoms with Crippen LogP contribution in [0.1, 0.15) is 30.9 Å². The summed E-state index contributed by atoms with van der Waals surface area (Å²) in [5, 5.41) is 10.6. The third-order valence-corrected chi connectivity index (χ3v) is 5.02. The highest BCUT2D eigenvalue weighted by Crippen LogP contribution is 2.31. The van der Waals surface area contributed by atoms with Crippen molar-refractivity contribution in [3.8, 4) is 17.3 Å². The van der Waals surface area contributed by atoms with E-state index in [0.29, 0.717) is 31.1 Å². The lowest BCUT2D eigenvalue weighted by Crippen LogP contribution is -2.41. The van der Waals surface area contributed by atoms with Gasteiger partial charge in [-0.15, -0.1) is 0 Å². The van der Waals surface area contributed by atoms with Crippen LogP contribution in [0.3, 0.4) is 0 Å². The first-order valence-electron chi connectivity index (χ1n) is 8.73. The minimum absolute atomic E-state index is 0.0158. The molecule has 146 valence electrons. The topological polar surface area (TPSA) is 93.0 Å². The van der Waals surface area contributed by atoms with Gasteiger partial charge >= 0.3 is 0 Å². The van der Waals surface area contributed by atoms with Crippen molar-refractivity contribution in [3.05, 3.63) is 62.7 Å². The average Bonchev–Trinajstić information content (AvgIpc) is 3.00. The van der Waals surface area contributed by atoms with E-state index in [1.165, 1.54) is 16.7 Å². The number of fused-ring (bicyclic) bond motifs is 1. The summed E-state index contributed by atoms with van der Waals surface area (Å²) >= 11 is 6.23. The molecule has 2 aromatic heterocycles. The largest absolute Gasteiger partial charge is 0.501 e. The van der Waals surface area contributed by atoms with Crippen LogP contribution < -0.4 is 5.56 Å². The Kier molecular flexibility index (Phi) is 4.47. The molecule has 1 aliphatic rings. The quantitative estimate of drug-likeness (QED) is 0.700. The van der Waals surface area contributed by atoms with Crippen LogP contribution in [0.2, 0.25) is 5.15 Å². The molecule has 0 radical (unpaired) electrons. The molecule has 0 atom stereocenters. The molecular weight excluding hydrogens is 387 g/mol. The summed E-state index contributed by atoms with van der Waals surface area (Å²) in [7, 11) is 0. The van der Waals surface area contributed by atoms with Crippen molar-refractivity contribution >= 4 is 11.6 Å². The monoisotopic (exact) mass is 404 g/mol. The molecule has 3 heterocycles. The summed E-state index contributed by atoms with van der Waals surface area (Å²) in [5.41, 5.74) is 0.0762. The molecule has 7 nitrogen and oxygen atoms in total. The number of benzene rings is 1. The second kappa shape index (κ2) is 6.72. The molecule has 0 aliphatic carbocycles. The molecule has 3 aromatic rings. The first-order chi connectivity index (χ1) is 13.3. The zero-order valence-electron chi connectivity index (χ0n) is 15.3. The average molecular weight is 405 g/mol. The third-order valence-electron chi connectivity index (χ3n) is 4.71. The zero-order chi connectivity index (χ0) is 20.1. The Labute approximate surface area is 164 Å². The number of hydrogen-bond acceptors (Lipinski definition) is 5. The van der Waals surface area contributed by atoms with Crippen LogP contribution in [0.5, 0.6) is 5.75 Å². The molecule has 0 amide bonds. The van der Waals surface area contributed by atoms with Crippen LogP contribution in [-0.4, -0.2) is 31.2 Å². The first-order valence-corrected chi connectivity index (χ1v) is 9.11. The minimum atomic E-state index is -0.785. The minimum Gasteiger partial charge on any atom is -0.501 e. The Morgan fingerprint density at radius 1 is 1.32 bits per heavy atom. The van der Waals surface area contributed by atoms with Crippen LogP contribution in [0.25, 0.3) is 11.5 Å². The van der Waals surface area contributed by atoms with Crippen molar-refractivity contribution in [2.45, 2.75) is 32.4 Å². The Morgan fingerprint density at radius 3 is 2.75 bits per heavy atom. The van der Waals surface area contributed by atoms with Gasteiger partial charge in [-0.25, -0.2) is 14.4 Å². The van der Waals surface area contributed by atoms with Crippen molar-refractivity contribution in [3.63, 3.8) is 0 Å². The number of imidazole rings is 1. The highest BCUT2D eigenvalue weighted by molar-refractivity contribution is 6.30. The Bertz CT molecular complexity index is 1110.